The van der Waals surface area contributed by atoms with Gasteiger partial charge in [0.1, 0.15) is 29.1 Å². The van der Waals surface area contributed by atoms with Crippen LogP contribution in [-0.2, 0) is 4.74 Å². The number of rotatable bonds is 10. The molecule has 5 rings (SSSR count). The molecule has 2 atom stereocenters. The third-order valence-corrected chi connectivity index (χ3v) is 6.03. The van der Waals surface area contributed by atoms with Crippen molar-refractivity contribution >= 4 is 28.9 Å². The van der Waals surface area contributed by atoms with Gasteiger partial charge in [-0.1, -0.05) is 0 Å². The fraction of sp³-hybridized carbons (Fsp3) is 0.478. The van der Waals surface area contributed by atoms with Crippen LogP contribution in [0.4, 0.5) is 21.7 Å². The Hall–Kier alpha value is -3.51. The van der Waals surface area contributed by atoms with Gasteiger partial charge in [-0.25, -0.2) is 14.4 Å². The lowest BCUT2D eigenvalue weighted by molar-refractivity contribution is 0.0378. The summed E-state index contributed by atoms with van der Waals surface area (Å²) in [5.74, 6) is 1.19. The molecule has 186 valence electrons. The normalized spacial score (nSPS) is 19.9. The summed E-state index contributed by atoms with van der Waals surface area (Å²) in [7, 11) is 1.54. The number of morpholine rings is 1. The third-order valence-electron chi connectivity index (χ3n) is 6.03. The summed E-state index contributed by atoms with van der Waals surface area (Å²) < 4.78 is 25.7. The standard InChI is InChI=1S/C23H29FN8O3/c1-34-23-17(4-2-5-26-23)28-19-13-20(25-6-3-7-31-8-10-35-11-9-31)32-21(30-19)15(14-27-32)22(33)29-18-12-16(18)24/h2,4-5,13-14,16,18,25H,3,6-12H2,1H3,(H,28,30)(H,29,33)/t16-,18+/m0/s1. The van der Waals surface area contributed by atoms with E-state index in [-0.39, 0.29) is 5.56 Å². The first-order valence-corrected chi connectivity index (χ1v) is 11.8. The minimum Gasteiger partial charge on any atom is -0.480 e. The van der Waals surface area contributed by atoms with Crippen molar-refractivity contribution in [1.82, 2.24) is 29.8 Å². The summed E-state index contributed by atoms with van der Waals surface area (Å²) in [5, 5.41) is 13.7. The van der Waals surface area contributed by atoms with Crippen LogP contribution >= 0.6 is 0 Å². The zero-order chi connectivity index (χ0) is 24.2. The van der Waals surface area contributed by atoms with E-state index in [4.69, 9.17) is 9.47 Å². The van der Waals surface area contributed by atoms with Gasteiger partial charge in [-0.2, -0.15) is 9.61 Å². The number of amides is 1. The molecule has 0 unspecified atom stereocenters. The number of pyridine rings is 1. The molecule has 1 saturated carbocycles. The number of methoxy groups -OCH3 is 1. The summed E-state index contributed by atoms with van der Waals surface area (Å²) in [6, 6.07) is 4.98. The molecule has 2 aliphatic rings. The number of nitrogens with one attached hydrogen (secondary N) is 3. The maximum atomic E-state index is 13.3. The van der Waals surface area contributed by atoms with E-state index < -0.39 is 18.1 Å². The minimum atomic E-state index is -0.993. The van der Waals surface area contributed by atoms with Crippen molar-refractivity contribution in [3.63, 3.8) is 0 Å². The van der Waals surface area contributed by atoms with E-state index in [9.17, 15) is 9.18 Å². The van der Waals surface area contributed by atoms with Gasteiger partial charge >= 0.3 is 0 Å². The maximum Gasteiger partial charge on any atom is 0.257 e. The van der Waals surface area contributed by atoms with Gasteiger partial charge in [0.15, 0.2) is 5.65 Å². The zero-order valence-electron chi connectivity index (χ0n) is 19.5. The molecule has 1 saturated heterocycles. The van der Waals surface area contributed by atoms with Crippen molar-refractivity contribution in [1.29, 1.82) is 0 Å². The number of fused-ring (bicyclic) bond motifs is 1. The number of carbonyl (C=O) groups is 1. The summed E-state index contributed by atoms with van der Waals surface area (Å²) in [5.41, 5.74) is 1.28. The molecule has 1 amide bonds. The predicted octanol–water partition coefficient (Wildman–Crippen LogP) is 1.85. The number of nitrogens with zero attached hydrogens (tertiary/aromatic N) is 5. The highest BCUT2D eigenvalue weighted by molar-refractivity contribution is 6.00. The largest absolute Gasteiger partial charge is 0.480 e. The fourth-order valence-corrected chi connectivity index (χ4v) is 4.00. The van der Waals surface area contributed by atoms with Gasteiger partial charge in [-0.15, -0.1) is 0 Å². The van der Waals surface area contributed by atoms with Crippen molar-refractivity contribution in [2.24, 2.45) is 0 Å². The lowest BCUT2D eigenvalue weighted by atomic mass is 10.3. The van der Waals surface area contributed by atoms with Crippen LogP contribution in [0.2, 0.25) is 0 Å². The highest BCUT2D eigenvalue weighted by Crippen LogP contribution is 2.28. The SMILES string of the molecule is COc1ncccc1Nc1cc(NCCCN2CCOCC2)n2ncc(C(=O)N[C@@H]3C[C@@H]3F)c2n1. The molecule has 0 aromatic carbocycles. The molecule has 3 N–H and O–H groups in total. The number of hydrogen-bond acceptors (Lipinski definition) is 9. The van der Waals surface area contributed by atoms with Crippen LogP contribution in [0, 0.1) is 0 Å². The van der Waals surface area contributed by atoms with Gasteiger partial charge in [0.05, 0.1) is 32.6 Å². The molecule has 2 fully saturated rings. The number of hydrogen-bond donors (Lipinski definition) is 3. The number of carbonyl (C=O) groups excluding carboxylic acids is 1. The van der Waals surface area contributed by atoms with Crippen molar-refractivity contribution in [2.75, 3.05) is 57.1 Å². The van der Waals surface area contributed by atoms with Crippen LogP contribution in [0.5, 0.6) is 5.88 Å². The van der Waals surface area contributed by atoms with E-state index in [1.165, 1.54) is 6.20 Å². The molecule has 1 aliphatic heterocycles. The topological polar surface area (TPSA) is 118 Å². The number of anilines is 3. The van der Waals surface area contributed by atoms with Gasteiger partial charge in [-0.3, -0.25) is 9.69 Å². The summed E-state index contributed by atoms with van der Waals surface area (Å²) >= 11 is 0. The summed E-state index contributed by atoms with van der Waals surface area (Å²) in [6.07, 6.45) is 3.37. The van der Waals surface area contributed by atoms with Gasteiger partial charge in [0.2, 0.25) is 5.88 Å². The lowest BCUT2D eigenvalue weighted by Gasteiger charge is -2.26. The Kier molecular flexibility index (Phi) is 6.91. The molecule has 0 spiro atoms. The second-order valence-electron chi connectivity index (χ2n) is 8.57. The second-order valence-corrected chi connectivity index (χ2v) is 8.57. The highest BCUT2D eigenvalue weighted by Gasteiger charge is 2.39. The molecule has 1 aliphatic carbocycles. The number of aromatic nitrogens is 4. The molecular formula is C23H29FN8O3. The van der Waals surface area contributed by atoms with E-state index >= 15 is 0 Å². The molecule has 35 heavy (non-hydrogen) atoms. The first-order chi connectivity index (χ1) is 17.1. The predicted molar refractivity (Wildman–Crippen MR) is 128 cm³/mol. The van der Waals surface area contributed by atoms with Gasteiger partial charge in [0, 0.05) is 38.3 Å². The van der Waals surface area contributed by atoms with Gasteiger partial charge in [0.25, 0.3) is 5.91 Å². The maximum absolute atomic E-state index is 13.3. The van der Waals surface area contributed by atoms with Crippen LogP contribution in [0.15, 0.2) is 30.6 Å². The Morgan fingerprint density at radius 3 is 2.94 bits per heavy atom. The average molecular weight is 485 g/mol. The van der Waals surface area contributed by atoms with Crippen LogP contribution in [0.3, 0.4) is 0 Å². The Labute approximate surface area is 202 Å². The van der Waals surface area contributed by atoms with Crippen LogP contribution < -0.4 is 20.7 Å². The molecule has 12 heteroatoms. The summed E-state index contributed by atoms with van der Waals surface area (Å²) in [4.78, 5) is 24.0. The Morgan fingerprint density at radius 2 is 2.17 bits per heavy atom. The van der Waals surface area contributed by atoms with Crippen molar-refractivity contribution in [3.05, 3.63) is 36.2 Å². The lowest BCUT2D eigenvalue weighted by Crippen LogP contribution is -2.37. The molecule has 3 aromatic rings. The van der Waals surface area contributed by atoms with Crippen LogP contribution in [0.25, 0.3) is 5.65 Å². The number of alkyl halides is 1. The van der Waals surface area contributed by atoms with E-state index in [2.05, 4.69) is 35.9 Å². The smallest absolute Gasteiger partial charge is 0.257 e. The second kappa shape index (κ2) is 10.4. The zero-order valence-corrected chi connectivity index (χ0v) is 19.5. The van der Waals surface area contributed by atoms with Crippen molar-refractivity contribution in [2.45, 2.75) is 25.1 Å². The molecule has 0 bridgehead atoms. The van der Waals surface area contributed by atoms with Crippen LogP contribution in [-0.4, -0.2) is 89.1 Å². The van der Waals surface area contributed by atoms with E-state index in [0.717, 1.165) is 39.3 Å². The first kappa shape index (κ1) is 23.2. The van der Waals surface area contributed by atoms with Gasteiger partial charge < -0.3 is 25.4 Å². The average Bonchev–Trinajstić information content (AvgIpc) is 3.39. The van der Waals surface area contributed by atoms with E-state index in [1.54, 1.807) is 23.9 Å². The quantitative estimate of drug-likeness (QED) is 0.371. The molecule has 4 heterocycles. The minimum absolute atomic E-state index is 0.280. The number of ether oxygens (including phenoxy) is 2. The molecule has 0 radical (unpaired) electrons. The Morgan fingerprint density at radius 1 is 1.34 bits per heavy atom. The van der Waals surface area contributed by atoms with Gasteiger partial charge in [-0.05, 0) is 25.1 Å². The van der Waals surface area contributed by atoms with E-state index in [0.29, 0.717) is 41.8 Å². The molecule has 11 nitrogen and oxygen atoms in total. The molecule has 3 aromatic heterocycles. The molecular weight excluding hydrogens is 455 g/mol. The van der Waals surface area contributed by atoms with Crippen molar-refractivity contribution < 1.29 is 18.7 Å². The highest BCUT2D eigenvalue weighted by atomic mass is 19.1. The fourth-order valence-electron chi connectivity index (χ4n) is 4.00. The first-order valence-electron chi connectivity index (χ1n) is 11.8. The number of halogens is 1. The Balaban J connectivity index is 1.38. The van der Waals surface area contributed by atoms with Crippen LogP contribution in [0.1, 0.15) is 23.2 Å². The third kappa shape index (κ3) is 5.43. The summed E-state index contributed by atoms with van der Waals surface area (Å²) in [6.45, 7) is 5.10. The van der Waals surface area contributed by atoms with E-state index in [1.807, 2.05) is 12.1 Å². The Bertz CT molecular complexity index is 1180. The monoisotopic (exact) mass is 484 g/mol. The van der Waals surface area contributed by atoms with Crippen molar-refractivity contribution in [3.8, 4) is 5.88 Å².